The van der Waals surface area contributed by atoms with E-state index < -0.39 is 0 Å². The molecular weight excluding hydrogens is 464 g/mol. The van der Waals surface area contributed by atoms with Crippen molar-refractivity contribution in [1.29, 1.82) is 0 Å². The molecule has 2 aromatic rings. The van der Waals surface area contributed by atoms with Crippen LogP contribution in [0.5, 0.6) is 0 Å². The SMILES string of the molecule is COCCCN(CC(=O)Nc1cc(C(C)(C)C)nn1-c1ccccc1Cl)C(=O)CCC1CCCC1. The van der Waals surface area contributed by atoms with E-state index in [1.54, 1.807) is 22.8 Å². The number of amides is 2. The summed E-state index contributed by atoms with van der Waals surface area (Å²) >= 11 is 6.44. The van der Waals surface area contributed by atoms with E-state index in [0.717, 1.165) is 12.1 Å². The molecule has 35 heavy (non-hydrogen) atoms. The highest BCUT2D eigenvalue weighted by Gasteiger charge is 2.24. The van der Waals surface area contributed by atoms with Gasteiger partial charge in [0, 0.05) is 38.2 Å². The van der Waals surface area contributed by atoms with E-state index in [1.807, 2.05) is 24.3 Å². The maximum Gasteiger partial charge on any atom is 0.245 e. The second-order valence-electron chi connectivity index (χ2n) is 10.4. The van der Waals surface area contributed by atoms with Gasteiger partial charge in [0.1, 0.15) is 5.82 Å². The summed E-state index contributed by atoms with van der Waals surface area (Å²) in [7, 11) is 1.64. The number of anilines is 1. The first-order valence-corrected chi connectivity index (χ1v) is 13.0. The van der Waals surface area contributed by atoms with Crippen LogP contribution in [0.2, 0.25) is 5.02 Å². The van der Waals surface area contributed by atoms with Gasteiger partial charge < -0.3 is 15.0 Å². The number of nitrogens with zero attached hydrogens (tertiary/aromatic N) is 3. The number of rotatable bonds is 11. The zero-order valence-corrected chi connectivity index (χ0v) is 22.2. The molecule has 0 spiro atoms. The Morgan fingerprint density at radius 1 is 1.23 bits per heavy atom. The molecule has 1 heterocycles. The second kappa shape index (κ2) is 12.5. The Balaban J connectivity index is 1.74. The van der Waals surface area contributed by atoms with E-state index in [1.165, 1.54) is 25.7 Å². The molecule has 1 aromatic heterocycles. The first-order valence-electron chi connectivity index (χ1n) is 12.6. The lowest BCUT2D eigenvalue weighted by molar-refractivity contribution is -0.135. The third kappa shape index (κ3) is 7.80. The van der Waals surface area contributed by atoms with Crippen LogP contribution in [0.25, 0.3) is 5.69 Å². The molecule has 0 aliphatic heterocycles. The van der Waals surface area contributed by atoms with Gasteiger partial charge in [0.15, 0.2) is 0 Å². The summed E-state index contributed by atoms with van der Waals surface area (Å²) in [4.78, 5) is 27.8. The van der Waals surface area contributed by atoms with Gasteiger partial charge in [-0.1, -0.05) is 70.2 Å². The maximum atomic E-state index is 13.1. The Morgan fingerprint density at radius 2 is 1.94 bits per heavy atom. The number of benzene rings is 1. The number of hydrogen-bond donors (Lipinski definition) is 1. The predicted octanol–water partition coefficient (Wildman–Crippen LogP) is 5.60. The molecule has 7 nitrogen and oxygen atoms in total. The number of para-hydroxylation sites is 1. The Kier molecular flexibility index (Phi) is 9.75. The molecule has 1 N–H and O–H groups in total. The van der Waals surface area contributed by atoms with Crippen LogP contribution in [-0.4, -0.2) is 53.3 Å². The Labute approximate surface area is 214 Å². The summed E-state index contributed by atoms with van der Waals surface area (Å²) in [6.07, 6.45) is 7.00. The molecule has 8 heteroatoms. The van der Waals surface area contributed by atoms with Crippen molar-refractivity contribution in [2.75, 3.05) is 32.1 Å². The minimum atomic E-state index is -0.259. The van der Waals surface area contributed by atoms with E-state index in [-0.39, 0.29) is 23.8 Å². The Bertz CT molecular complexity index is 993. The largest absolute Gasteiger partial charge is 0.385 e. The number of methoxy groups -OCH3 is 1. The molecule has 0 atom stereocenters. The van der Waals surface area contributed by atoms with Crippen molar-refractivity contribution in [2.24, 2.45) is 5.92 Å². The molecule has 2 amide bonds. The van der Waals surface area contributed by atoms with Gasteiger partial charge in [-0.2, -0.15) is 5.10 Å². The summed E-state index contributed by atoms with van der Waals surface area (Å²) in [6.45, 7) is 7.23. The van der Waals surface area contributed by atoms with Crippen molar-refractivity contribution >= 4 is 29.2 Å². The minimum absolute atomic E-state index is 0.00817. The Hall–Kier alpha value is -2.38. The molecule has 1 saturated carbocycles. The second-order valence-corrected chi connectivity index (χ2v) is 10.8. The molecule has 1 aliphatic rings. The van der Waals surface area contributed by atoms with Crippen molar-refractivity contribution in [2.45, 2.75) is 71.1 Å². The van der Waals surface area contributed by atoms with Crippen LogP contribution < -0.4 is 5.32 Å². The smallest absolute Gasteiger partial charge is 0.245 e. The normalized spacial score (nSPS) is 14.3. The molecule has 0 bridgehead atoms. The predicted molar refractivity (Wildman–Crippen MR) is 140 cm³/mol. The van der Waals surface area contributed by atoms with E-state index in [0.29, 0.717) is 48.4 Å². The molecule has 0 unspecified atom stereocenters. The van der Waals surface area contributed by atoms with E-state index in [4.69, 9.17) is 21.4 Å². The van der Waals surface area contributed by atoms with Crippen LogP contribution in [0.15, 0.2) is 30.3 Å². The van der Waals surface area contributed by atoms with E-state index in [2.05, 4.69) is 26.1 Å². The van der Waals surface area contributed by atoms with Gasteiger partial charge in [0.2, 0.25) is 11.8 Å². The van der Waals surface area contributed by atoms with Gasteiger partial charge in [-0.3, -0.25) is 9.59 Å². The minimum Gasteiger partial charge on any atom is -0.385 e. The molecule has 1 fully saturated rings. The number of ether oxygens (including phenoxy) is 1. The summed E-state index contributed by atoms with van der Waals surface area (Å²) in [5, 5.41) is 8.25. The number of nitrogens with one attached hydrogen (secondary N) is 1. The van der Waals surface area contributed by atoms with Crippen LogP contribution in [0.4, 0.5) is 5.82 Å². The van der Waals surface area contributed by atoms with Gasteiger partial charge in [0.25, 0.3) is 0 Å². The first-order chi connectivity index (χ1) is 16.7. The summed E-state index contributed by atoms with van der Waals surface area (Å²) in [6, 6.07) is 9.26. The van der Waals surface area contributed by atoms with E-state index in [9.17, 15) is 9.59 Å². The first kappa shape index (κ1) is 27.2. The van der Waals surface area contributed by atoms with Crippen LogP contribution in [0.1, 0.15) is 71.4 Å². The van der Waals surface area contributed by atoms with E-state index >= 15 is 0 Å². The molecule has 0 saturated heterocycles. The zero-order chi connectivity index (χ0) is 25.4. The van der Waals surface area contributed by atoms with Crippen LogP contribution in [-0.2, 0) is 19.7 Å². The van der Waals surface area contributed by atoms with Crippen molar-refractivity contribution in [3.8, 4) is 5.69 Å². The number of carbonyl (C=O) groups excluding carboxylic acids is 2. The van der Waals surface area contributed by atoms with Gasteiger partial charge in [-0.25, -0.2) is 4.68 Å². The molecule has 1 aliphatic carbocycles. The third-order valence-corrected chi connectivity index (χ3v) is 6.85. The standard InChI is InChI=1S/C27H39ClN4O3/c1-27(2,3)23-18-24(32(30-23)22-13-8-7-12-21(22)28)29-25(33)19-31(16-9-17-35-4)26(34)15-14-20-10-5-6-11-20/h7-8,12-13,18,20H,5-6,9-11,14-17,19H2,1-4H3,(H,29,33). The highest BCUT2D eigenvalue weighted by molar-refractivity contribution is 6.32. The monoisotopic (exact) mass is 502 g/mol. The fourth-order valence-corrected chi connectivity index (χ4v) is 4.69. The molecule has 3 rings (SSSR count). The summed E-state index contributed by atoms with van der Waals surface area (Å²) in [5.74, 6) is 0.932. The summed E-state index contributed by atoms with van der Waals surface area (Å²) in [5.41, 5.74) is 1.30. The number of aromatic nitrogens is 2. The lowest BCUT2D eigenvalue weighted by Crippen LogP contribution is -2.39. The quantitative estimate of drug-likeness (QED) is 0.406. The number of halogens is 1. The van der Waals surface area contributed by atoms with Gasteiger partial charge in [-0.05, 0) is 30.9 Å². The van der Waals surface area contributed by atoms with Crippen molar-refractivity contribution in [3.05, 3.63) is 41.0 Å². The number of carbonyl (C=O) groups is 2. The molecular formula is C27H39ClN4O3. The third-order valence-electron chi connectivity index (χ3n) is 6.53. The molecule has 1 aromatic carbocycles. The van der Waals surface area contributed by atoms with Crippen LogP contribution in [0.3, 0.4) is 0 Å². The fourth-order valence-electron chi connectivity index (χ4n) is 4.48. The zero-order valence-electron chi connectivity index (χ0n) is 21.5. The molecule has 192 valence electrons. The lowest BCUT2D eigenvalue weighted by atomic mass is 9.92. The van der Waals surface area contributed by atoms with Crippen molar-refractivity contribution < 1.29 is 14.3 Å². The van der Waals surface area contributed by atoms with Crippen LogP contribution in [0, 0.1) is 5.92 Å². The molecule has 0 radical (unpaired) electrons. The fraction of sp³-hybridized carbons (Fsp3) is 0.593. The van der Waals surface area contributed by atoms with Crippen LogP contribution >= 0.6 is 11.6 Å². The topological polar surface area (TPSA) is 76.5 Å². The maximum absolute atomic E-state index is 13.1. The lowest BCUT2D eigenvalue weighted by Gasteiger charge is -2.23. The van der Waals surface area contributed by atoms with Gasteiger partial charge >= 0.3 is 0 Å². The average molecular weight is 503 g/mol. The highest BCUT2D eigenvalue weighted by atomic mass is 35.5. The Morgan fingerprint density at radius 3 is 2.60 bits per heavy atom. The summed E-state index contributed by atoms with van der Waals surface area (Å²) < 4.78 is 6.83. The number of hydrogen-bond acceptors (Lipinski definition) is 4. The average Bonchev–Trinajstić information content (AvgIpc) is 3.47. The van der Waals surface area contributed by atoms with Crippen molar-refractivity contribution in [1.82, 2.24) is 14.7 Å². The van der Waals surface area contributed by atoms with Gasteiger partial charge in [-0.15, -0.1) is 0 Å². The van der Waals surface area contributed by atoms with Gasteiger partial charge in [0.05, 0.1) is 22.9 Å². The highest BCUT2D eigenvalue weighted by Crippen LogP contribution is 2.30. The van der Waals surface area contributed by atoms with Crippen molar-refractivity contribution in [3.63, 3.8) is 0 Å².